The minimum atomic E-state index is 0.0639. The molecule has 126 valence electrons. The third-order valence-electron chi connectivity index (χ3n) is 4.47. The summed E-state index contributed by atoms with van der Waals surface area (Å²) in [6.45, 7) is 6.48. The van der Waals surface area contributed by atoms with Gasteiger partial charge in [-0.3, -0.25) is 9.59 Å². The van der Waals surface area contributed by atoms with Crippen molar-refractivity contribution in [2.45, 2.75) is 26.7 Å². The number of nitrogens with zero attached hydrogens (tertiary/aromatic N) is 2. The van der Waals surface area contributed by atoms with E-state index in [1.54, 1.807) is 7.11 Å². The summed E-state index contributed by atoms with van der Waals surface area (Å²) < 4.78 is 5.19. The summed E-state index contributed by atoms with van der Waals surface area (Å²) in [6.07, 6.45) is 1.23. The van der Waals surface area contributed by atoms with Gasteiger partial charge in [-0.1, -0.05) is 26.0 Å². The van der Waals surface area contributed by atoms with Crippen LogP contribution in [0.1, 0.15) is 25.8 Å². The van der Waals surface area contributed by atoms with E-state index in [-0.39, 0.29) is 17.7 Å². The highest BCUT2D eigenvalue weighted by Crippen LogP contribution is 2.15. The lowest BCUT2D eigenvalue weighted by molar-refractivity contribution is -0.141. The molecule has 0 saturated carbocycles. The van der Waals surface area contributed by atoms with Crippen LogP contribution in [0.2, 0.25) is 0 Å². The molecule has 5 heteroatoms. The first kappa shape index (κ1) is 17.3. The van der Waals surface area contributed by atoms with Gasteiger partial charge in [0.25, 0.3) is 0 Å². The molecular formula is C18H26N2O3. The highest BCUT2D eigenvalue weighted by molar-refractivity contribution is 5.81. The van der Waals surface area contributed by atoms with Crippen LogP contribution in [0.4, 0.5) is 0 Å². The van der Waals surface area contributed by atoms with Gasteiger partial charge in [-0.2, -0.15) is 0 Å². The van der Waals surface area contributed by atoms with Crippen molar-refractivity contribution in [3.05, 3.63) is 29.8 Å². The largest absolute Gasteiger partial charge is 0.497 e. The lowest BCUT2D eigenvalue weighted by Crippen LogP contribution is -2.52. The van der Waals surface area contributed by atoms with Crippen molar-refractivity contribution in [1.29, 1.82) is 0 Å². The number of piperazine rings is 1. The van der Waals surface area contributed by atoms with Gasteiger partial charge in [0.15, 0.2) is 0 Å². The van der Waals surface area contributed by atoms with E-state index >= 15 is 0 Å². The van der Waals surface area contributed by atoms with Crippen molar-refractivity contribution in [2.24, 2.45) is 5.92 Å². The molecule has 1 aromatic rings. The summed E-state index contributed by atoms with van der Waals surface area (Å²) in [6, 6.07) is 7.58. The van der Waals surface area contributed by atoms with Crippen molar-refractivity contribution in [1.82, 2.24) is 9.80 Å². The molecule has 1 unspecified atom stereocenters. The Kier molecular flexibility index (Phi) is 6.02. The molecule has 0 bridgehead atoms. The van der Waals surface area contributed by atoms with Crippen molar-refractivity contribution >= 4 is 11.8 Å². The number of hydrogen-bond acceptors (Lipinski definition) is 3. The van der Waals surface area contributed by atoms with E-state index < -0.39 is 0 Å². The molecule has 1 heterocycles. The number of methoxy groups -OCH3 is 1. The van der Waals surface area contributed by atoms with Crippen LogP contribution >= 0.6 is 0 Å². The zero-order chi connectivity index (χ0) is 16.8. The Morgan fingerprint density at radius 2 is 1.83 bits per heavy atom. The number of hydrogen-bond donors (Lipinski definition) is 0. The van der Waals surface area contributed by atoms with Crippen LogP contribution in [0.5, 0.6) is 5.75 Å². The molecule has 0 aliphatic carbocycles. The monoisotopic (exact) mass is 318 g/mol. The normalized spacial score (nSPS) is 16.1. The number of amides is 2. The smallest absolute Gasteiger partial charge is 0.227 e. The van der Waals surface area contributed by atoms with Crippen LogP contribution < -0.4 is 4.74 Å². The minimum absolute atomic E-state index is 0.0639. The SMILES string of the molecule is CCC(C)C(=O)N1CCN(C(=O)Cc2cccc(OC)c2)CC1. The van der Waals surface area contributed by atoms with E-state index in [0.717, 1.165) is 17.7 Å². The molecule has 1 atom stereocenters. The minimum Gasteiger partial charge on any atom is -0.497 e. The van der Waals surface area contributed by atoms with Gasteiger partial charge in [-0.05, 0) is 24.1 Å². The van der Waals surface area contributed by atoms with Gasteiger partial charge in [0.2, 0.25) is 11.8 Å². The first-order valence-electron chi connectivity index (χ1n) is 8.24. The molecule has 2 rings (SSSR count). The Morgan fingerprint density at radius 1 is 1.17 bits per heavy atom. The number of benzene rings is 1. The van der Waals surface area contributed by atoms with Crippen molar-refractivity contribution in [3.8, 4) is 5.75 Å². The van der Waals surface area contributed by atoms with Crippen LogP contribution in [-0.4, -0.2) is 54.9 Å². The lowest BCUT2D eigenvalue weighted by Gasteiger charge is -2.36. The standard InChI is InChI=1S/C18H26N2O3/c1-4-14(2)18(22)20-10-8-19(9-11-20)17(21)13-15-6-5-7-16(12-15)23-3/h5-7,12,14H,4,8-11,13H2,1-3H3. The average molecular weight is 318 g/mol. The summed E-state index contributed by atoms with van der Waals surface area (Å²) >= 11 is 0. The van der Waals surface area contributed by atoms with Crippen LogP contribution in [-0.2, 0) is 16.0 Å². The van der Waals surface area contributed by atoms with Crippen molar-refractivity contribution in [2.75, 3.05) is 33.3 Å². The first-order valence-corrected chi connectivity index (χ1v) is 8.24. The maximum atomic E-state index is 12.4. The average Bonchev–Trinajstić information content (AvgIpc) is 2.60. The topological polar surface area (TPSA) is 49.9 Å². The fourth-order valence-corrected chi connectivity index (χ4v) is 2.73. The predicted molar refractivity (Wildman–Crippen MR) is 89.3 cm³/mol. The highest BCUT2D eigenvalue weighted by atomic mass is 16.5. The molecular weight excluding hydrogens is 292 g/mol. The Balaban J connectivity index is 1.87. The van der Waals surface area contributed by atoms with Crippen molar-refractivity contribution < 1.29 is 14.3 Å². The summed E-state index contributed by atoms with van der Waals surface area (Å²) in [5.74, 6) is 1.13. The van der Waals surface area contributed by atoms with Gasteiger partial charge in [-0.25, -0.2) is 0 Å². The van der Waals surface area contributed by atoms with Gasteiger partial charge >= 0.3 is 0 Å². The second kappa shape index (κ2) is 7.99. The molecule has 0 aromatic heterocycles. The lowest BCUT2D eigenvalue weighted by atomic mass is 10.1. The molecule has 0 N–H and O–H groups in total. The predicted octanol–water partition coefficient (Wildman–Crippen LogP) is 1.95. The molecule has 23 heavy (non-hydrogen) atoms. The van der Waals surface area contributed by atoms with Gasteiger partial charge in [-0.15, -0.1) is 0 Å². The van der Waals surface area contributed by atoms with Gasteiger partial charge in [0.1, 0.15) is 5.75 Å². The molecule has 5 nitrogen and oxygen atoms in total. The first-order chi connectivity index (χ1) is 11.0. The van der Waals surface area contributed by atoms with Crippen LogP contribution in [0.25, 0.3) is 0 Å². The van der Waals surface area contributed by atoms with Crippen LogP contribution in [0.15, 0.2) is 24.3 Å². The van der Waals surface area contributed by atoms with E-state index in [1.165, 1.54) is 0 Å². The van der Waals surface area contributed by atoms with Crippen LogP contribution in [0.3, 0.4) is 0 Å². The van der Waals surface area contributed by atoms with E-state index in [0.29, 0.717) is 32.6 Å². The summed E-state index contributed by atoms with van der Waals surface area (Å²) in [7, 11) is 1.62. The fraction of sp³-hybridized carbons (Fsp3) is 0.556. The second-order valence-electron chi connectivity index (χ2n) is 6.04. The fourth-order valence-electron chi connectivity index (χ4n) is 2.73. The van der Waals surface area contributed by atoms with Gasteiger partial charge in [0.05, 0.1) is 13.5 Å². The number of carbonyl (C=O) groups excluding carboxylic acids is 2. The van der Waals surface area contributed by atoms with E-state index in [1.807, 2.05) is 47.9 Å². The second-order valence-corrected chi connectivity index (χ2v) is 6.04. The maximum absolute atomic E-state index is 12.4. The third kappa shape index (κ3) is 4.47. The third-order valence-corrected chi connectivity index (χ3v) is 4.47. The Morgan fingerprint density at radius 3 is 2.43 bits per heavy atom. The molecule has 1 saturated heterocycles. The van der Waals surface area contributed by atoms with E-state index in [4.69, 9.17) is 4.74 Å². The zero-order valence-corrected chi connectivity index (χ0v) is 14.2. The quantitative estimate of drug-likeness (QED) is 0.834. The zero-order valence-electron chi connectivity index (χ0n) is 14.2. The molecule has 1 aliphatic rings. The molecule has 0 radical (unpaired) electrons. The number of rotatable bonds is 5. The molecule has 1 aromatic carbocycles. The number of carbonyl (C=O) groups is 2. The van der Waals surface area contributed by atoms with Gasteiger partial charge in [0, 0.05) is 32.1 Å². The molecule has 1 fully saturated rings. The summed E-state index contributed by atoms with van der Waals surface area (Å²) in [5.41, 5.74) is 0.951. The van der Waals surface area contributed by atoms with E-state index in [2.05, 4.69) is 0 Å². The maximum Gasteiger partial charge on any atom is 0.227 e. The number of ether oxygens (including phenoxy) is 1. The van der Waals surface area contributed by atoms with E-state index in [9.17, 15) is 9.59 Å². The Bertz CT molecular complexity index is 551. The summed E-state index contributed by atoms with van der Waals surface area (Å²) in [5, 5.41) is 0. The molecule has 2 amide bonds. The highest BCUT2D eigenvalue weighted by Gasteiger charge is 2.26. The van der Waals surface area contributed by atoms with Crippen LogP contribution in [0, 0.1) is 5.92 Å². The molecule has 1 aliphatic heterocycles. The summed E-state index contributed by atoms with van der Waals surface area (Å²) in [4.78, 5) is 28.3. The Labute approximate surface area is 138 Å². The molecule has 0 spiro atoms. The van der Waals surface area contributed by atoms with Gasteiger partial charge < -0.3 is 14.5 Å². The Hall–Kier alpha value is -2.04. The van der Waals surface area contributed by atoms with Crippen molar-refractivity contribution in [3.63, 3.8) is 0 Å².